The maximum Gasteiger partial charge on any atom is 0.309 e. The first kappa shape index (κ1) is 36.5. The van der Waals surface area contributed by atoms with E-state index in [4.69, 9.17) is 14.2 Å². The van der Waals surface area contributed by atoms with E-state index < -0.39 is 11.2 Å². The van der Waals surface area contributed by atoms with Crippen molar-refractivity contribution < 1.29 is 28.6 Å². The van der Waals surface area contributed by atoms with E-state index in [1.807, 2.05) is 33.6 Å². The number of methoxy groups -OCH3 is 2. The van der Waals surface area contributed by atoms with Crippen LogP contribution in [0.1, 0.15) is 121 Å². The second kappa shape index (κ2) is 16.2. The molecule has 0 bridgehead atoms. The van der Waals surface area contributed by atoms with Gasteiger partial charge in [0.15, 0.2) is 0 Å². The van der Waals surface area contributed by atoms with Crippen LogP contribution in [0, 0.1) is 41.4 Å². The van der Waals surface area contributed by atoms with Gasteiger partial charge in [-0.25, -0.2) is 4.79 Å². The Labute approximate surface area is 245 Å². The minimum atomic E-state index is -0.652. The number of ketones is 1. The van der Waals surface area contributed by atoms with Gasteiger partial charge in [-0.1, -0.05) is 74.1 Å². The van der Waals surface area contributed by atoms with Crippen LogP contribution in [-0.2, 0) is 28.6 Å². The zero-order chi connectivity index (χ0) is 30.8. The minimum absolute atomic E-state index is 0.0647. The second-order valence-electron chi connectivity index (χ2n) is 13.3. The molecule has 0 radical (unpaired) electrons. The fraction of sp³-hybridized carbons (Fsp3) is 0.882. The number of ether oxygens (including phenoxy) is 3. The van der Waals surface area contributed by atoms with Crippen LogP contribution in [-0.4, -0.2) is 49.2 Å². The van der Waals surface area contributed by atoms with Gasteiger partial charge in [-0.2, -0.15) is 0 Å². The highest BCUT2D eigenvalue weighted by Gasteiger charge is 2.57. The van der Waals surface area contributed by atoms with Crippen LogP contribution < -0.4 is 0 Å². The Bertz CT molecular complexity index is 862. The molecule has 1 aliphatic heterocycles. The highest BCUT2D eigenvalue weighted by atomic mass is 16.6. The Balaban J connectivity index is 3.16. The summed E-state index contributed by atoms with van der Waals surface area (Å²) in [4.78, 5) is 38.5. The molecule has 0 spiro atoms. The predicted molar refractivity (Wildman–Crippen MR) is 162 cm³/mol. The third-order valence-corrected chi connectivity index (χ3v) is 10.3. The lowest BCUT2D eigenvalue weighted by Gasteiger charge is -2.40. The van der Waals surface area contributed by atoms with Gasteiger partial charge >= 0.3 is 5.97 Å². The zero-order valence-corrected chi connectivity index (χ0v) is 27.7. The van der Waals surface area contributed by atoms with Gasteiger partial charge in [-0.3, -0.25) is 9.59 Å². The van der Waals surface area contributed by atoms with Crippen LogP contribution in [0.15, 0.2) is 5.57 Å². The van der Waals surface area contributed by atoms with Crippen molar-refractivity contribution >= 4 is 17.7 Å². The lowest BCUT2D eigenvalue weighted by molar-refractivity contribution is -0.155. The predicted octanol–water partition coefficient (Wildman–Crippen LogP) is 7.64. The minimum Gasteiger partial charge on any atom is -0.459 e. The number of esters is 1. The molecule has 40 heavy (non-hydrogen) atoms. The Kier molecular flexibility index (Phi) is 14.8. The Hall–Kier alpha value is -1.49. The first-order chi connectivity index (χ1) is 18.7. The molecule has 0 saturated carbocycles. The molecule has 0 amide bonds. The van der Waals surface area contributed by atoms with Gasteiger partial charge in [-0.05, 0) is 58.3 Å². The SMILES string of the molecule is CCCCCCC1C(=O)O[C@](C)([C@H](C)CC)[C@H]1C(C)C(=O)[C@H](C)C[C@](C)(C[C@@H](C)[C@H](OC)[C@@H](C)C(C)=C=O)OC. The molecule has 1 aliphatic rings. The number of cyclic esters (lactones) is 1. The van der Waals surface area contributed by atoms with Crippen molar-refractivity contribution in [1.82, 2.24) is 0 Å². The molecule has 2 unspecified atom stereocenters. The van der Waals surface area contributed by atoms with Crippen molar-refractivity contribution in [3.05, 3.63) is 5.57 Å². The molecule has 6 nitrogen and oxygen atoms in total. The molecule has 10 atom stereocenters. The fourth-order valence-corrected chi connectivity index (χ4v) is 7.36. The average Bonchev–Trinajstić information content (AvgIpc) is 3.18. The highest BCUT2D eigenvalue weighted by molar-refractivity contribution is 5.85. The van der Waals surface area contributed by atoms with E-state index in [1.54, 1.807) is 21.1 Å². The summed E-state index contributed by atoms with van der Waals surface area (Å²) in [5, 5.41) is 0. The Morgan fingerprint density at radius 3 is 2.20 bits per heavy atom. The van der Waals surface area contributed by atoms with E-state index in [0.29, 0.717) is 18.4 Å². The normalized spacial score (nSPS) is 27.1. The lowest BCUT2D eigenvalue weighted by Crippen LogP contribution is -2.46. The van der Waals surface area contributed by atoms with E-state index in [-0.39, 0.29) is 59.3 Å². The third kappa shape index (κ3) is 8.76. The average molecular weight is 565 g/mol. The largest absolute Gasteiger partial charge is 0.459 e. The lowest BCUT2D eigenvalue weighted by atomic mass is 9.65. The van der Waals surface area contributed by atoms with Crippen molar-refractivity contribution in [3.63, 3.8) is 0 Å². The summed E-state index contributed by atoms with van der Waals surface area (Å²) in [7, 11) is 3.37. The maximum absolute atomic E-state index is 14.1. The molecular formula is C34H60O6. The Morgan fingerprint density at radius 1 is 1.07 bits per heavy atom. The number of Topliss-reactive ketones (excluding diaryl/α,β-unsaturated/α-hetero) is 1. The molecule has 6 heteroatoms. The van der Waals surface area contributed by atoms with Crippen LogP contribution in [0.2, 0.25) is 0 Å². The summed E-state index contributed by atoms with van der Waals surface area (Å²) >= 11 is 0. The van der Waals surface area contributed by atoms with E-state index in [9.17, 15) is 14.4 Å². The first-order valence-electron chi connectivity index (χ1n) is 15.7. The van der Waals surface area contributed by atoms with E-state index in [0.717, 1.165) is 38.5 Å². The molecule has 232 valence electrons. The molecular weight excluding hydrogens is 504 g/mol. The van der Waals surface area contributed by atoms with Crippen molar-refractivity contribution in [3.8, 4) is 0 Å². The van der Waals surface area contributed by atoms with Gasteiger partial charge in [-0.15, -0.1) is 0 Å². The smallest absolute Gasteiger partial charge is 0.309 e. The van der Waals surface area contributed by atoms with Gasteiger partial charge in [0.1, 0.15) is 17.3 Å². The van der Waals surface area contributed by atoms with Gasteiger partial charge in [0.05, 0.1) is 17.6 Å². The molecule has 1 fully saturated rings. The highest BCUT2D eigenvalue weighted by Crippen LogP contribution is 2.49. The summed E-state index contributed by atoms with van der Waals surface area (Å²) < 4.78 is 18.0. The molecule has 0 aliphatic carbocycles. The monoisotopic (exact) mass is 564 g/mol. The molecule has 0 aromatic rings. The molecule has 0 N–H and O–H groups in total. The van der Waals surface area contributed by atoms with E-state index in [1.165, 1.54) is 0 Å². The first-order valence-corrected chi connectivity index (χ1v) is 15.7. The molecule has 0 aromatic heterocycles. The fourth-order valence-electron chi connectivity index (χ4n) is 7.36. The van der Waals surface area contributed by atoms with Crippen LogP contribution in [0.4, 0.5) is 0 Å². The number of carbonyl (C=O) groups excluding carboxylic acids is 3. The number of unbranched alkanes of at least 4 members (excludes halogenated alkanes) is 3. The summed E-state index contributed by atoms with van der Waals surface area (Å²) in [5.74, 6) is 1.31. The quantitative estimate of drug-likeness (QED) is 0.0911. The Morgan fingerprint density at radius 2 is 1.70 bits per heavy atom. The topological polar surface area (TPSA) is 78.9 Å². The molecule has 1 heterocycles. The van der Waals surface area contributed by atoms with Gasteiger partial charge < -0.3 is 14.2 Å². The van der Waals surface area contributed by atoms with Crippen LogP contribution in [0.25, 0.3) is 0 Å². The standard InChI is InChI=1S/C34H60O6/c1-13-15-16-17-18-28-29(34(10,25(6)14-2)40-32(28)37)27(8)30(36)22(3)19-33(9,39-12)20-23(4)31(38-11)26(7)24(5)21-35/h22-23,25-29,31H,13-20H2,1-12H3/t22-,23-,25-,26+,27?,28?,29+,31+,33-,34-/m1/s1. The second-order valence-corrected chi connectivity index (χ2v) is 13.3. The van der Waals surface area contributed by atoms with Gasteiger partial charge in [0.2, 0.25) is 0 Å². The van der Waals surface area contributed by atoms with Crippen molar-refractivity contribution in [1.29, 1.82) is 0 Å². The molecule has 1 rings (SSSR count). The number of hydrogen-bond acceptors (Lipinski definition) is 6. The molecule has 1 saturated heterocycles. The molecule has 0 aromatic carbocycles. The maximum atomic E-state index is 14.1. The zero-order valence-electron chi connectivity index (χ0n) is 27.7. The van der Waals surface area contributed by atoms with Gasteiger partial charge in [0, 0.05) is 43.5 Å². The number of hydrogen-bond donors (Lipinski definition) is 0. The third-order valence-electron chi connectivity index (χ3n) is 10.3. The summed E-state index contributed by atoms with van der Waals surface area (Å²) in [6.45, 7) is 20.4. The van der Waals surface area contributed by atoms with Crippen LogP contribution in [0.3, 0.4) is 0 Å². The summed E-state index contributed by atoms with van der Waals surface area (Å²) in [5.41, 5.74) is -0.566. The number of carbonyl (C=O) groups is 2. The van der Waals surface area contributed by atoms with Crippen LogP contribution in [0.5, 0.6) is 0 Å². The van der Waals surface area contributed by atoms with Crippen molar-refractivity contribution in [2.24, 2.45) is 41.4 Å². The van der Waals surface area contributed by atoms with Crippen LogP contribution >= 0.6 is 0 Å². The summed E-state index contributed by atoms with van der Waals surface area (Å²) in [6.07, 6.45) is 7.12. The summed E-state index contributed by atoms with van der Waals surface area (Å²) in [6, 6.07) is 0. The van der Waals surface area contributed by atoms with Crippen molar-refractivity contribution in [2.45, 2.75) is 138 Å². The van der Waals surface area contributed by atoms with E-state index in [2.05, 4.69) is 34.6 Å². The van der Waals surface area contributed by atoms with Crippen molar-refractivity contribution in [2.75, 3.05) is 14.2 Å². The van der Waals surface area contributed by atoms with E-state index >= 15 is 0 Å². The van der Waals surface area contributed by atoms with Gasteiger partial charge in [0.25, 0.3) is 0 Å². The number of rotatable bonds is 19.